The first-order chi connectivity index (χ1) is 9.89. The SMILES string of the molecule is CCC(C)(NC(=O)c1ccc(F)c2ccccc12)C(N)=S. The standard InChI is InChI=1S/C16H17FN2OS/c1-3-16(2,15(18)21)19-14(20)12-8-9-13(17)11-7-5-4-6-10(11)12/h4-9H,3H2,1-2H3,(H2,18,21)(H,19,20). The highest BCUT2D eigenvalue weighted by Crippen LogP contribution is 2.22. The van der Waals surface area contributed by atoms with Crippen LogP contribution in [-0.2, 0) is 0 Å². The van der Waals surface area contributed by atoms with Crippen LogP contribution in [0.1, 0.15) is 30.6 Å². The Balaban J connectivity index is 2.46. The van der Waals surface area contributed by atoms with E-state index in [1.807, 2.05) is 6.92 Å². The van der Waals surface area contributed by atoms with E-state index in [9.17, 15) is 9.18 Å². The van der Waals surface area contributed by atoms with Crippen molar-refractivity contribution in [3.8, 4) is 0 Å². The molecule has 0 aliphatic carbocycles. The topological polar surface area (TPSA) is 55.1 Å². The molecule has 110 valence electrons. The number of hydrogen-bond donors (Lipinski definition) is 2. The first kappa shape index (κ1) is 15.4. The van der Waals surface area contributed by atoms with Crippen LogP contribution >= 0.6 is 12.2 Å². The van der Waals surface area contributed by atoms with Crippen LogP contribution in [0.15, 0.2) is 36.4 Å². The molecule has 0 fully saturated rings. The lowest BCUT2D eigenvalue weighted by molar-refractivity contribution is 0.0928. The number of nitrogens with one attached hydrogen (secondary N) is 1. The Morgan fingerprint density at radius 3 is 2.48 bits per heavy atom. The highest BCUT2D eigenvalue weighted by Gasteiger charge is 2.28. The fourth-order valence-corrected chi connectivity index (χ4v) is 2.30. The van der Waals surface area contributed by atoms with Crippen molar-refractivity contribution in [2.24, 2.45) is 5.73 Å². The van der Waals surface area contributed by atoms with E-state index < -0.39 is 5.54 Å². The molecule has 5 heteroatoms. The highest BCUT2D eigenvalue weighted by atomic mass is 32.1. The first-order valence-electron chi connectivity index (χ1n) is 6.68. The van der Waals surface area contributed by atoms with Gasteiger partial charge < -0.3 is 11.1 Å². The zero-order valence-electron chi connectivity index (χ0n) is 11.9. The van der Waals surface area contributed by atoms with Crippen LogP contribution in [0.4, 0.5) is 4.39 Å². The Morgan fingerprint density at radius 1 is 1.29 bits per heavy atom. The molecule has 0 saturated heterocycles. The van der Waals surface area contributed by atoms with E-state index >= 15 is 0 Å². The molecule has 2 aromatic rings. The lowest BCUT2D eigenvalue weighted by Gasteiger charge is -2.28. The molecular formula is C16H17FN2OS. The van der Waals surface area contributed by atoms with Gasteiger partial charge in [-0.25, -0.2) is 4.39 Å². The largest absolute Gasteiger partial charge is 0.391 e. The van der Waals surface area contributed by atoms with Gasteiger partial charge in [0.1, 0.15) is 5.82 Å². The number of amides is 1. The van der Waals surface area contributed by atoms with Crippen molar-refractivity contribution in [2.75, 3.05) is 0 Å². The summed E-state index contributed by atoms with van der Waals surface area (Å²) in [5.41, 5.74) is 5.34. The number of rotatable bonds is 4. The van der Waals surface area contributed by atoms with E-state index in [1.54, 1.807) is 31.2 Å². The first-order valence-corrected chi connectivity index (χ1v) is 7.09. The van der Waals surface area contributed by atoms with Gasteiger partial charge in [0.05, 0.1) is 10.5 Å². The van der Waals surface area contributed by atoms with Crippen molar-refractivity contribution in [3.63, 3.8) is 0 Å². The number of hydrogen-bond acceptors (Lipinski definition) is 2. The normalized spacial score (nSPS) is 13.7. The number of fused-ring (bicyclic) bond motifs is 1. The maximum absolute atomic E-state index is 13.8. The molecule has 0 radical (unpaired) electrons. The average molecular weight is 304 g/mol. The van der Waals surface area contributed by atoms with Gasteiger partial charge in [-0.3, -0.25) is 4.79 Å². The highest BCUT2D eigenvalue weighted by molar-refractivity contribution is 7.80. The fraction of sp³-hybridized carbons (Fsp3) is 0.250. The molecule has 0 aliphatic rings. The van der Waals surface area contributed by atoms with E-state index in [-0.39, 0.29) is 16.7 Å². The summed E-state index contributed by atoms with van der Waals surface area (Å²) in [5, 5.41) is 3.82. The van der Waals surface area contributed by atoms with E-state index in [0.29, 0.717) is 22.8 Å². The van der Waals surface area contributed by atoms with Gasteiger partial charge in [0.15, 0.2) is 0 Å². The summed E-state index contributed by atoms with van der Waals surface area (Å²) in [4.78, 5) is 12.7. The minimum atomic E-state index is -0.762. The lowest BCUT2D eigenvalue weighted by Crippen LogP contribution is -2.54. The molecule has 1 unspecified atom stereocenters. The van der Waals surface area contributed by atoms with E-state index in [1.165, 1.54) is 12.1 Å². The molecule has 21 heavy (non-hydrogen) atoms. The molecule has 2 aromatic carbocycles. The smallest absolute Gasteiger partial charge is 0.252 e. The van der Waals surface area contributed by atoms with Gasteiger partial charge in [-0.15, -0.1) is 0 Å². The average Bonchev–Trinajstić information content (AvgIpc) is 2.47. The van der Waals surface area contributed by atoms with Crippen molar-refractivity contribution in [3.05, 3.63) is 47.8 Å². The summed E-state index contributed by atoms with van der Waals surface area (Å²) in [5.74, 6) is -0.668. The maximum Gasteiger partial charge on any atom is 0.252 e. The van der Waals surface area contributed by atoms with Crippen LogP contribution in [0.25, 0.3) is 10.8 Å². The maximum atomic E-state index is 13.8. The van der Waals surface area contributed by atoms with Gasteiger partial charge in [-0.2, -0.15) is 0 Å². The molecule has 3 N–H and O–H groups in total. The van der Waals surface area contributed by atoms with E-state index in [4.69, 9.17) is 18.0 Å². The van der Waals surface area contributed by atoms with Crippen LogP contribution in [0.2, 0.25) is 0 Å². The predicted octanol–water partition coefficient (Wildman–Crippen LogP) is 3.16. The monoisotopic (exact) mass is 304 g/mol. The molecule has 0 aromatic heterocycles. The van der Waals surface area contributed by atoms with Crippen molar-refractivity contribution < 1.29 is 9.18 Å². The predicted molar refractivity (Wildman–Crippen MR) is 86.9 cm³/mol. The van der Waals surface area contributed by atoms with Gasteiger partial charge in [-0.05, 0) is 30.9 Å². The molecular weight excluding hydrogens is 287 g/mol. The number of carbonyl (C=O) groups excluding carboxylic acids is 1. The third-order valence-corrected chi connectivity index (χ3v) is 4.21. The molecule has 3 nitrogen and oxygen atoms in total. The number of benzene rings is 2. The Morgan fingerprint density at radius 2 is 1.90 bits per heavy atom. The molecule has 0 bridgehead atoms. The molecule has 2 rings (SSSR count). The molecule has 0 heterocycles. The molecule has 0 aliphatic heterocycles. The summed E-state index contributed by atoms with van der Waals surface area (Å²) in [6, 6.07) is 9.64. The number of nitrogens with two attached hydrogens (primary N) is 1. The number of carbonyl (C=O) groups is 1. The summed E-state index contributed by atoms with van der Waals surface area (Å²) in [7, 11) is 0. The second-order valence-corrected chi connectivity index (χ2v) is 5.58. The Hall–Kier alpha value is -2.01. The van der Waals surface area contributed by atoms with Gasteiger partial charge in [0.2, 0.25) is 0 Å². The summed E-state index contributed by atoms with van der Waals surface area (Å²) < 4.78 is 13.8. The summed E-state index contributed by atoms with van der Waals surface area (Å²) >= 11 is 5.02. The second-order valence-electron chi connectivity index (χ2n) is 5.14. The number of halogens is 1. The Kier molecular flexibility index (Phi) is 4.23. The second kappa shape index (κ2) is 5.77. The van der Waals surface area contributed by atoms with Crippen LogP contribution in [-0.4, -0.2) is 16.4 Å². The molecule has 0 saturated carbocycles. The summed E-state index contributed by atoms with van der Waals surface area (Å²) in [6.07, 6.45) is 0.577. The minimum Gasteiger partial charge on any atom is -0.391 e. The van der Waals surface area contributed by atoms with Gasteiger partial charge in [0.25, 0.3) is 5.91 Å². The van der Waals surface area contributed by atoms with Crippen LogP contribution in [0.5, 0.6) is 0 Å². The van der Waals surface area contributed by atoms with Gasteiger partial charge in [0, 0.05) is 10.9 Å². The Labute approximate surface area is 128 Å². The quantitative estimate of drug-likeness (QED) is 0.853. The van der Waals surface area contributed by atoms with E-state index in [2.05, 4.69) is 5.32 Å². The molecule has 0 spiro atoms. The van der Waals surface area contributed by atoms with E-state index in [0.717, 1.165) is 0 Å². The third-order valence-electron chi connectivity index (χ3n) is 3.76. The molecule has 1 atom stereocenters. The van der Waals surface area contributed by atoms with Crippen molar-refractivity contribution in [1.82, 2.24) is 5.32 Å². The van der Waals surface area contributed by atoms with Crippen LogP contribution in [0.3, 0.4) is 0 Å². The Bertz CT molecular complexity index is 716. The third kappa shape index (κ3) is 2.88. The van der Waals surface area contributed by atoms with Crippen LogP contribution < -0.4 is 11.1 Å². The van der Waals surface area contributed by atoms with Gasteiger partial charge in [-0.1, -0.05) is 43.4 Å². The van der Waals surface area contributed by atoms with Crippen molar-refractivity contribution >= 4 is 33.9 Å². The zero-order chi connectivity index (χ0) is 15.6. The lowest BCUT2D eigenvalue weighted by atomic mass is 9.97. The summed E-state index contributed by atoms with van der Waals surface area (Å²) in [6.45, 7) is 3.67. The minimum absolute atomic E-state index is 0.227. The number of thiocarbonyl (C=S) groups is 1. The zero-order valence-corrected chi connectivity index (χ0v) is 12.8. The van der Waals surface area contributed by atoms with Crippen molar-refractivity contribution in [1.29, 1.82) is 0 Å². The van der Waals surface area contributed by atoms with Crippen LogP contribution in [0, 0.1) is 5.82 Å². The fourth-order valence-electron chi connectivity index (χ4n) is 2.10. The van der Waals surface area contributed by atoms with Crippen molar-refractivity contribution in [2.45, 2.75) is 25.8 Å². The van der Waals surface area contributed by atoms with Gasteiger partial charge >= 0.3 is 0 Å². The molecule has 1 amide bonds.